The third-order valence-electron chi connectivity index (χ3n) is 5.42. The molecule has 1 amide bonds. The van der Waals surface area contributed by atoms with E-state index in [1.54, 1.807) is 0 Å². The molecule has 1 saturated heterocycles. The van der Waals surface area contributed by atoms with E-state index in [-0.39, 0.29) is 23.6 Å². The van der Waals surface area contributed by atoms with Crippen molar-refractivity contribution in [2.45, 2.75) is 64.0 Å². The fourth-order valence-electron chi connectivity index (χ4n) is 4.09. The molecule has 1 aliphatic carbocycles. The molecule has 1 aromatic heterocycles. The van der Waals surface area contributed by atoms with Crippen LogP contribution in [0.25, 0.3) is 0 Å². The van der Waals surface area contributed by atoms with Crippen molar-refractivity contribution in [1.82, 2.24) is 14.9 Å². The summed E-state index contributed by atoms with van der Waals surface area (Å²) in [5.41, 5.74) is 1.70. The van der Waals surface area contributed by atoms with E-state index in [0.717, 1.165) is 43.4 Å². The molecule has 4 rings (SSSR count). The number of aryl methyl sites for hydroxylation is 1. The van der Waals surface area contributed by atoms with Gasteiger partial charge in [-0.25, -0.2) is 4.98 Å². The average molecular weight is 287 g/mol. The van der Waals surface area contributed by atoms with Crippen molar-refractivity contribution < 1.29 is 4.79 Å². The molecular weight excluding hydrogens is 266 g/mol. The quantitative estimate of drug-likeness (QED) is 0.847. The number of nitrogens with zero attached hydrogens (tertiary/aromatic N) is 2. The molecule has 1 saturated carbocycles. The van der Waals surface area contributed by atoms with Gasteiger partial charge in [-0.1, -0.05) is 6.42 Å². The van der Waals surface area contributed by atoms with Crippen LogP contribution in [0.2, 0.25) is 0 Å². The van der Waals surface area contributed by atoms with Gasteiger partial charge in [-0.2, -0.15) is 0 Å². The molecule has 112 valence electrons. The summed E-state index contributed by atoms with van der Waals surface area (Å²) in [5, 5.41) is 0. The number of nitrogens with one attached hydrogen (secondary N) is 1. The van der Waals surface area contributed by atoms with E-state index in [9.17, 15) is 9.59 Å². The van der Waals surface area contributed by atoms with E-state index in [1.807, 2.05) is 6.92 Å². The van der Waals surface area contributed by atoms with Crippen LogP contribution in [0.5, 0.6) is 0 Å². The number of carbonyl (C=O) groups excluding carboxylic acids is 1. The highest BCUT2D eigenvalue weighted by atomic mass is 16.2. The monoisotopic (exact) mass is 287 g/mol. The van der Waals surface area contributed by atoms with Gasteiger partial charge >= 0.3 is 0 Å². The molecule has 2 fully saturated rings. The second-order valence-electron chi connectivity index (χ2n) is 6.74. The Morgan fingerprint density at radius 3 is 2.57 bits per heavy atom. The minimum Gasteiger partial charge on any atom is -0.336 e. The molecule has 2 bridgehead atoms. The highest BCUT2D eigenvalue weighted by Gasteiger charge is 2.43. The summed E-state index contributed by atoms with van der Waals surface area (Å²) in [4.78, 5) is 34.4. The van der Waals surface area contributed by atoms with Crippen molar-refractivity contribution in [3.8, 4) is 0 Å². The molecular formula is C16H21N3O2. The lowest BCUT2D eigenvalue weighted by Crippen LogP contribution is -2.46. The Bertz CT molecular complexity index is 647. The fraction of sp³-hybridized carbons (Fsp3) is 0.688. The van der Waals surface area contributed by atoms with Crippen LogP contribution in [-0.2, 0) is 17.6 Å². The Kier molecular flexibility index (Phi) is 2.91. The fourth-order valence-corrected chi connectivity index (χ4v) is 4.09. The number of amides is 1. The molecule has 0 aromatic carbocycles. The Labute approximate surface area is 123 Å². The molecule has 2 aliphatic heterocycles. The van der Waals surface area contributed by atoms with Crippen LogP contribution in [-0.4, -0.2) is 32.9 Å². The standard InChI is InChI=1S/C16H21N3O2/c1-9-17-14-8-12-6-5-11(7-13(14)15(20)18-9)19(12)16(21)10-3-2-4-10/h10-12H,2-8H2,1H3,(H,17,18,20)/t11-,12+/m0/s1. The van der Waals surface area contributed by atoms with Crippen molar-refractivity contribution in [2.75, 3.05) is 0 Å². The van der Waals surface area contributed by atoms with Gasteiger partial charge in [0.15, 0.2) is 0 Å². The largest absolute Gasteiger partial charge is 0.336 e. The number of fused-ring (bicyclic) bond motifs is 3. The normalized spacial score (nSPS) is 28.0. The molecule has 0 spiro atoms. The van der Waals surface area contributed by atoms with Gasteiger partial charge in [-0.3, -0.25) is 9.59 Å². The summed E-state index contributed by atoms with van der Waals surface area (Å²) in [7, 11) is 0. The molecule has 0 unspecified atom stereocenters. The zero-order valence-corrected chi connectivity index (χ0v) is 12.4. The number of carbonyl (C=O) groups is 1. The maximum Gasteiger partial charge on any atom is 0.254 e. The van der Waals surface area contributed by atoms with Gasteiger partial charge in [0.25, 0.3) is 5.56 Å². The second kappa shape index (κ2) is 4.68. The van der Waals surface area contributed by atoms with Gasteiger partial charge < -0.3 is 9.88 Å². The van der Waals surface area contributed by atoms with Gasteiger partial charge in [-0.05, 0) is 32.6 Å². The summed E-state index contributed by atoms with van der Waals surface area (Å²) in [6.07, 6.45) is 6.76. The molecule has 2 atom stereocenters. The van der Waals surface area contributed by atoms with Gasteiger partial charge in [0.2, 0.25) is 5.91 Å². The maximum atomic E-state index is 12.7. The summed E-state index contributed by atoms with van der Waals surface area (Å²) in [5.74, 6) is 1.24. The summed E-state index contributed by atoms with van der Waals surface area (Å²) in [6, 6.07) is 0.452. The van der Waals surface area contributed by atoms with E-state index in [4.69, 9.17) is 0 Å². The first-order chi connectivity index (χ1) is 10.1. The highest BCUT2D eigenvalue weighted by Crippen LogP contribution is 2.37. The third-order valence-corrected chi connectivity index (χ3v) is 5.42. The number of hydrogen-bond donors (Lipinski definition) is 1. The number of aromatic nitrogens is 2. The molecule has 0 radical (unpaired) electrons. The lowest BCUT2D eigenvalue weighted by Gasteiger charge is -2.35. The van der Waals surface area contributed by atoms with Crippen LogP contribution >= 0.6 is 0 Å². The van der Waals surface area contributed by atoms with E-state index in [1.165, 1.54) is 6.42 Å². The minimum absolute atomic E-state index is 0.0129. The second-order valence-corrected chi connectivity index (χ2v) is 6.74. The smallest absolute Gasteiger partial charge is 0.254 e. The van der Waals surface area contributed by atoms with Gasteiger partial charge in [0.05, 0.1) is 5.69 Å². The van der Waals surface area contributed by atoms with E-state index < -0.39 is 0 Å². The van der Waals surface area contributed by atoms with Crippen LogP contribution < -0.4 is 5.56 Å². The van der Waals surface area contributed by atoms with Crippen molar-refractivity contribution in [3.05, 3.63) is 27.4 Å². The Hall–Kier alpha value is -1.65. The predicted molar refractivity (Wildman–Crippen MR) is 78.0 cm³/mol. The predicted octanol–water partition coefficient (Wildman–Crippen LogP) is 1.34. The van der Waals surface area contributed by atoms with Crippen molar-refractivity contribution in [1.29, 1.82) is 0 Å². The third kappa shape index (κ3) is 2.01. The van der Waals surface area contributed by atoms with Crippen LogP contribution in [0.1, 0.15) is 49.2 Å². The Morgan fingerprint density at radius 2 is 1.90 bits per heavy atom. The first-order valence-electron chi connectivity index (χ1n) is 8.04. The molecule has 5 heteroatoms. The van der Waals surface area contributed by atoms with Gasteiger partial charge in [-0.15, -0.1) is 0 Å². The number of rotatable bonds is 1. The lowest BCUT2D eigenvalue weighted by atomic mass is 9.84. The van der Waals surface area contributed by atoms with Gasteiger partial charge in [0, 0.05) is 36.4 Å². The zero-order valence-electron chi connectivity index (χ0n) is 12.4. The highest BCUT2D eigenvalue weighted by molar-refractivity contribution is 5.80. The zero-order chi connectivity index (χ0) is 14.6. The van der Waals surface area contributed by atoms with Gasteiger partial charge in [0.1, 0.15) is 5.82 Å². The van der Waals surface area contributed by atoms with Crippen LogP contribution in [0.4, 0.5) is 0 Å². The average Bonchev–Trinajstić information content (AvgIpc) is 2.64. The SMILES string of the molecule is Cc1nc2c(c(=O)[nH]1)C[C@@H]1CC[C@H](C2)N1C(=O)C1CCC1. The number of hydrogen-bond acceptors (Lipinski definition) is 3. The summed E-state index contributed by atoms with van der Waals surface area (Å²) < 4.78 is 0. The molecule has 3 aliphatic rings. The Morgan fingerprint density at radius 1 is 1.19 bits per heavy atom. The van der Waals surface area contributed by atoms with Crippen LogP contribution in [0, 0.1) is 12.8 Å². The van der Waals surface area contributed by atoms with Crippen LogP contribution in [0.3, 0.4) is 0 Å². The summed E-state index contributed by atoms with van der Waals surface area (Å²) in [6.45, 7) is 1.82. The summed E-state index contributed by atoms with van der Waals surface area (Å²) >= 11 is 0. The minimum atomic E-state index is -0.0129. The van der Waals surface area contributed by atoms with Crippen LogP contribution in [0.15, 0.2) is 4.79 Å². The lowest BCUT2D eigenvalue weighted by molar-refractivity contribution is -0.141. The van der Waals surface area contributed by atoms with E-state index in [2.05, 4.69) is 14.9 Å². The molecule has 21 heavy (non-hydrogen) atoms. The first-order valence-corrected chi connectivity index (χ1v) is 8.04. The van der Waals surface area contributed by atoms with E-state index >= 15 is 0 Å². The molecule has 1 N–H and O–H groups in total. The van der Waals surface area contributed by atoms with Crippen molar-refractivity contribution in [2.24, 2.45) is 5.92 Å². The molecule has 1 aromatic rings. The number of aromatic amines is 1. The topological polar surface area (TPSA) is 66.1 Å². The van der Waals surface area contributed by atoms with E-state index in [0.29, 0.717) is 18.2 Å². The molecule has 3 heterocycles. The first kappa shape index (κ1) is 13.0. The number of H-pyrrole nitrogens is 1. The van der Waals surface area contributed by atoms with Crippen molar-refractivity contribution in [3.63, 3.8) is 0 Å². The maximum absolute atomic E-state index is 12.7. The van der Waals surface area contributed by atoms with Crippen molar-refractivity contribution >= 4 is 5.91 Å². The Balaban J connectivity index is 1.69. The molecule has 5 nitrogen and oxygen atoms in total.